The third kappa shape index (κ3) is 3.68. The van der Waals surface area contributed by atoms with Crippen LogP contribution in [0.5, 0.6) is 0 Å². The first-order chi connectivity index (χ1) is 12.8. The minimum absolute atomic E-state index is 0.106. The topological polar surface area (TPSA) is 78.5 Å². The summed E-state index contributed by atoms with van der Waals surface area (Å²) in [6, 6.07) is 6.33. The van der Waals surface area contributed by atoms with Crippen molar-refractivity contribution in [1.82, 2.24) is 14.3 Å². The van der Waals surface area contributed by atoms with Crippen LogP contribution in [-0.2, 0) is 16.1 Å². The van der Waals surface area contributed by atoms with Gasteiger partial charge in [-0.3, -0.25) is 14.3 Å². The Morgan fingerprint density at radius 1 is 1.37 bits per heavy atom. The first-order valence-corrected chi connectivity index (χ1v) is 9.13. The number of ether oxygens (including phenoxy) is 1. The smallest absolute Gasteiger partial charge is 0.325 e. The van der Waals surface area contributed by atoms with Gasteiger partial charge in [-0.15, -0.1) is 0 Å². The van der Waals surface area contributed by atoms with Crippen LogP contribution in [0.25, 0.3) is 10.2 Å². The fourth-order valence-electron chi connectivity index (χ4n) is 2.77. The monoisotopic (exact) mass is 390 g/mol. The normalized spacial score (nSPS) is 12.1. The Hall–Kier alpha value is -2.81. The fraction of sp³-hybridized carbons (Fsp3) is 0.333. The summed E-state index contributed by atoms with van der Waals surface area (Å²) in [5.41, 5.74) is 1.25. The predicted molar refractivity (Wildman–Crippen MR) is 99.0 cm³/mol. The molecule has 2 aromatic heterocycles. The first kappa shape index (κ1) is 19.0. The van der Waals surface area contributed by atoms with Crippen molar-refractivity contribution in [1.29, 1.82) is 0 Å². The molecule has 0 radical (unpaired) electrons. The van der Waals surface area contributed by atoms with Gasteiger partial charge < -0.3 is 9.30 Å². The van der Waals surface area contributed by atoms with Gasteiger partial charge in [0.2, 0.25) is 0 Å². The number of benzene rings is 1. The molecule has 142 valence electrons. The van der Waals surface area contributed by atoms with Gasteiger partial charge in [0.15, 0.2) is 10.5 Å². The van der Waals surface area contributed by atoms with E-state index in [1.54, 1.807) is 22.9 Å². The SMILES string of the molecule is COC(=O)Cn1c(=NC(=O)c2cc(C)n(C(C)C)n2)sc2cccc(F)c21. The van der Waals surface area contributed by atoms with Crippen LogP contribution in [0.4, 0.5) is 4.39 Å². The Balaban J connectivity index is 2.13. The number of carbonyl (C=O) groups excluding carboxylic acids is 2. The number of aromatic nitrogens is 3. The standard InChI is InChI=1S/C18H19FN4O3S/c1-10(2)23-11(3)8-13(21-23)17(25)20-18-22(9-15(24)26-4)16-12(19)6-5-7-14(16)27-18/h5-8,10H,9H2,1-4H3. The van der Waals surface area contributed by atoms with Gasteiger partial charge >= 0.3 is 5.97 Å². The summed E-state index contributed by atoms with van der Waals surface area (Å²) in [5, 5.41) is 4.29. The van der Waals surface area contributed by atoms with Crippen molar-refractivity contribution in [2.75, 3.05) is 7.11 Å². The number of thiazole rings is 1. The number of hydrogen-bond acceptors (Lipinski definition) is 5. The summed E-state index contributed by atoms with van der Waals surface area (Å²) in [4.78, 5) is 28.7. The first-order valence-electron chi connectivity index (χ1n) is 8.31. The highest BCUT2D eigenvalue weighted by Gasteiger charge is 2.17. The van der Waals surface area contributed by atoms with E-state index in [2.05, 4.69) is 14.8 Å². The molecular weight excluding hydrogens is 371 g/mol. The average molecular weight is 390 g/mol. The van der Waals surface area contributed by atoms with E-state index in [9.17, 15) is 14.0 Å². The molecule has 1 amide bonds. The Labute approximate surface area is 158 Å². The lowest BCUT2D eigenvalue weighted by molar-refractivity contribution is -0.141. The summed E-state index contributed by atoms with van der Waals surface area (Å²) in [6.45, 7) is 5.54. The number of esters is 1. The highest BCUT2D eigenvalue weighted by atomic mass is 32.1. The summed E-state index contributed by atoms with van der Waals surface area (Å²) >= 11 is 1.12. The summed E-state index contributed by atoms with van der Waals surface area (Å²) in [5.74, 6) is -1.61. The van der Waals surface area contributed by atoms with Crippen molar-refractivity contribution in [3.8, 4) is 0 Å². The molecule has 0 fully saturated rings. The number of rotatable bonds is 4. The van der Waals surface area contributed by atoms with Gasteiger partial charge in [0.25, 0.3) is 5.91 Å². The summed E-state index contributed by atoms with van der Waals surface area (Å²) in [6.07, 6.45) is 0. The molecule has 2 heterocycles. The molecule has 0 bridgehead atoms. The van der Waals surface area contributed by atoms with E-state index in [-0.39, 0.29) is 28.6 Å². The maximum absolute atomic E-state index is 14.3. The van der Waals surface area contributed by atoms with Crippen LogP contribution in [0.3, 0.4) is 0 Å². The van der Waals surface area contributed by atoms with Gasteiger partial charge in [-0.2, -0.15) is 10.1 Å². The molecule has 0 atom stereocenters. The van der Waals surface area contributed by atoms with Crippen LogP contribution in [0.1, 0.15) is 36.1 Å². The quantitative estimate of drug-likeness (QED) is 0.642. The number of methoxy groups -OCH3 is 1. The molecular formula is C18H19FN4O3S. The van der Waals surface area contributed by atoms with Crippen LogP contribution in [0.2, 0.25) is 0 Å². The molecule has 0 N–H and O–H groups in total. The number of amides is 1. The molecule has 0 saturated carbocycles. The number of carbonyl (C=O) groups is 2. The van der Waals surface area contributed by atoms with Gasteiger partial charge in [0.1, 0.15) is 12.4 Å². The molecule has 0 unspecified atom stereocenters. The molecule has 3 aromatic rings. The second kappa shape index (κ2) is 7.43. The summed E-state index contributed by atoms with van der Waals surface area (Å²) < 4.78 is 22.7. The van der Waals surface area contributed by atoms with Crippen LogP contribution < -0.4 is 4.80 Å². The number of para-hydroxylation sites is 1. The maximum atomic E-state index is 14.3. The van der Waals surface area contributed by atoms with E-state index < -0.39 is 17.7 Å². The van der Waals surface area contributed by atoms with Crippen molar-refractivity contribution in [3.05, 3.63) is 46.3 Å². The lowest BCUT2D eigenvalue weighted by Crippen LogP contribution is -2.23. The van der Waals surface area contributed by atoms with E-state index >= 15 is 0 Å². The zero-order valence-corrected chi connectivity index (χ0v) is 16.2. The van der Waals surface area contributed by atoms with Crippen molar-refractivity contribution < 1.29 is 18.7 Å². The van der Waals surface area contributed by atoms with E-state index in [1.165, 1.54) is 17.7 Å². The maximum Gasteiger partial charge on any atom is 0.325 e. The second-order valence-electron chi connectivity index (χ2n) is 6.26. The molecule has 0 spiro atoms. The lowest BCUT2D eigenvalue weighted by Gasteiger charge is -2.06. The summed E-state index contributed by atoms with van der Waals surface area (Å²) in [7, 11) is 1.25. The lowest BCUT2D eigenvalue weighted by atomic mass is 10.3. The highest BCUT2D eigenvalue weighted by Crippen LogP contribution is 2.20. The van der Waals surface area contributed by atoms with Gasteiger partial charge in [0, 0.05) is 11.7 Å². The number of aryl methyl sites for hydroxylation is 1. The molecule has 27 heavy (non-hydrogen) atoms. The van der Waals surface area contributed by atoms with Crippen LogP contribution >= 0.6 is 11.3 Å². The zero-order chi connectivity index (χ0) is 19.7. The Morgan fingerprint density at radius 2 is 2.11 bits per heavy atom. The van der Waals surface area contributed by atoms with Gasteiger partial charge in [0.05, 0.1) is 17.3 Å². The van der Waals surface area contributed by atoms with Gasteiger partial charge in [-0.05, 0) is 39.0 Å². The second-order valence-corrected chi connectivity index (χ2v) is 7.27. The average Bonchev–Trinajstić information content (AvgIpc) is 3.17. The fourth-order valence-corrected chi connectivity index (χ4v) is 3.81. The zero-order valence-electron chi connectivity index (χ0n) is 15.4. The highest BCUT2D eigenvalue weighted by molar-refractivity contribution is 7.16. The van der Waals surface area contributed by atoms with E-state index in [0.717, 1.165) is 17.0 Å². The minimum Gasteiger partial charge on any atom is -0.468 e. The number of nitrogens with zero attached hydrogens (tertiary/aromatic N) is 4. The molecule has 1 aromatic carbocycles. The molecule has 7 nitrogen and oxygen atoms in total. The predicted octanol–water partition coefficient (Wildman–Crippen LogP) is 2.84. The van der Waals surface area contributed by atoms with E-state index in [1.807, 2.05) is 20.8 Å². The van der Waals surface area contributed by atoms with E-state index in [0.29, 0.717) is 4.70 Å². The van der Waals surface area contributed by atoms with Gasteiger partial charge in [-0.1, -0.05) is 17.4 Å². The van der Waals surface area contributed by atoms with Gasteiger partial charge in [-0.25, -0.2) is 4.39 Å². The van der Waals surface area contributed by atoms with Crippen molar-refractivity contribution in [2.45, 2.75) is 33.4 Å². The molecule has 0 aliphatic heterocycles. The van der Waals surface area contributed by atoms with E-state index in [4.69, 9.17) is 0 Å². The number of hydrogen-bond donors (Lipinski definition) is 0. The molecule has 0 aliphatic rings. The number of fused-ring (bicyclic) bond motifs is 1. The van der Waals surface area contributed by atoms with Crippen LogP contribution in [0.15, 0.2) is 29.3 Å². The molecule has 9 heteroatoms. The molecule has 0 saturated heterocycles. The third-order valence-electron chi connectivity index (χ3n) is 3.99. The Bertz CT molecular complexity index is 1090. The van der Waals surface area contributed by atoms with Crippen LogP contribution in [-0.4, -0.2) is 33.3 Å². The molecule has 3 rings (SSSR count). The largest absolute Gasteiger partial charge is 0.468 e. The Morgan fingerprint density at radius 3 is 2.74 bits per heavy atom. The third-order valence-corrected chi connectivity index (χ3v) is 5.04. The minimum atomic E-state index is -0.563. The molecule has 0 aliphatic carbocycles. The van der Waals surface area contributed by atoms with Crippen LogP contribution in [0, 0.1) is 12.7 Å². The van der Waals surface area contributed by atoms with Crippen molar-refractivity contribution in [2.24, 2.45) is 4.99 Å². The van der Waals surface area contributed by atoms with Crippen molar-refractivity contribution >= 4 is 33.4 Å². The van der Waals surface area contributed by atoms with Crippen molar-refractivity contribution in [3.63, 3.8) is 0 Å². The Kier molecular flexibility index (Phi) is 5.22. The number of halogens is 1.